The molecule has 8 heteroatoms. The van der Waals surface area contributed by atoms with Gasteiger partial charge in [-0.25, -0.2) is 0 Å². The second-order valence-electron chi connectivity index (χ2n) is 10.7. The Morgan fingerprint density at radius 1 is 1.19 bits per heavy atom. The predicted molar refractivity (Wildman–Crippen MR) is 148 cm³/mol. The summed E-state index contributed by atoms with van der Waals surface area (Å²) in [6.45, 7) is 13.9. The summed E-state index contributed by atoms with van der Waals surface area (Å²) >= 11 is 1.70. The zero-order valence-electron chi connectivity index (χ0n) is 22.7. The van der Waals surface area contributed by atoms with Gasteiger partial charge in [-0.05, 0) is 44.4 Å². The molecule has 7 nitrogen and oxygen atoms in total. The lowest BCUT2D eigenvalue weighted by Crippen LogP contribution is -2.57. The molecule has 2 bridgehead atoms. The highest BCUT2D eigenvalue weighted by Crippen LogP contribution is 2.68. The lowest BCUT2D eigenvalue weighted by Gasteiger charge is -2.40. The molecule has 3 fully saturated rings. The Kier molecular flexibility index (Phi) is 11.1. The minimum absolute atomic E-state index is 0.00125. The Morgan fingerprint density at radius 3 is 2.62 bits per heavy atom. The molecule has 3 aliphatic rings. The van der Waals surface area contributed by atoms with E-state index in [9.17, 15) is 14.4 Å². The van der Waals surface area contributed by atoms with Gasteiger partial charge in [-0.1, -0.05) is 45.3 Å². The van der Waals surface area contributed by atoms with Crippen LogP contribution in [0.5, 0.6) is 0 Å². The van der Waals surface area contributed by atoms with Crippen LogP contribution in [0.2, 0.25) is 0 Å². The minimum atomic E-state index is -0.611. The number of hydrogen-bond acceptors (Lipinski definition) is 6. The topological polar surface area (TPSA) is 87.1 Å². The van der Waals surface area contributed by atoms with Crippen molar-refractivity contribution in [2.24, 2.45) is 17.8 Å². The third-order valence-electron chi connectivity index (χ3n) is 8.30. The van der Waals surface area contributed by atoms with Crippen LogP contribution >= 0.6 is 11.8 Å². The molecular formula is C29H46N2O5S. The van der Waals surface area contributed by atoms with Gasteiger partial charge in [0.25, 0.3) is 0 Å². The molecule has 3 aliphatic heterocycles. The van der Waals surface area contributed by atoms with E-state index < -0.39 is 22.6 Å². The molecule has 3 saturated heterocycles. The van der Waals surface area contributed by atoms with Crippen LogP contribution < -0.4 is 0 Å². The van der Waals surface area contributed by atoms with Gasteiger partial charge >= 0.3 is 5.97 Å². The molecule has 3 unspecified atom stereocenters. The average molecular weight is 535 g/mol. The molecule has 0 saturated carbocycles. The first-order chi connectivity index (χ1) is 17.9. The number of allylic oxidation sites excluding steroid dienone is 1. The number of amides is 2. The average Bonchev–Trinajstić information content (AvgIpc) is 3.47. The van der Waals surface area contributed by atoms with Gasteiger partial charge in [0.2, 0.25) is 11.8 Å². The molecule has 0 aromatic carbocycles. The Balaban J connectivity index is 1.91. The van der Waals surface area contributed by atoms with Crippen molar-refractivity contribution in [3.8, 4) is 0 Å². The summed E-state index contributed by atoms with van der Waals surface area (Å²) in [5.74, 6) is -1.26. The predicted octanol–water partition coefficient (Wildman–Crippen LogP) is 4.20. The largest absolute Gasteiger partial charge is 0.465 e. The van der Waals surface area contributed by atoms with Gasteiger partial charge in [0.05, 0.1) is 23.2 Å². The molecule has 6 atom stereocenters. The monoisotopic (exact) mass is 534 g/mol. The first-order valence-corrected chi connectivity index (χ1v) is 15.0. The molecule has 208 valence electrons. The third kappa shape index (κ3) is 5.95. The molecule has 2 amide bonds. The van der Waals surface area contributed by atoms with Gasteiger partial charge in [-0.3, -0.25) is 14.4 Å². The van der Waals surface area contributed by atoms with Gasteiger partial charge in [-0.2, -0.15) is 0 Å². The second-order valence-corrected chi connectivity index (χ2v) is 12.3. The number of unbranched alkanes of at least 4 members (excludes halogenated alkanes) is 5. The molecule has 3 heterocycles. The fourth-order valence-corrected chi connectivity index (χ4v) is 8.92. The minimum Gasteiger partial charge on any atom is -0.465 e. The number of carbonyl (C=O) groups is 3. The number of nitrogens with zero attached hydrogens (tertiary/aromatic N) is 2. The van der Waals surface area contributed by atoms with Crippen LogP contribution in [0.3, 0.4) is 0 Å². The SMILES string of the molecule is C=CCCCOC(=O)[C@@H]1[C@H]2C(=O)N(CCCCCCO)C(C(=O)N(CC=C)CCCC)C23S[C@@H]1CC3C. The van der Waals surface area contributed by atoms with Gasteiger partial charge in [-0.15, -0.1) is 24.9 Å². The van der Waals surface area contributed by atoms with Gasteiger partial charge in [0.15, 0.2) is 0 Å². The number of carbonyl (C=O) groups excluding carboxylic acids is 3. The summed E-state index contributed by atoms with van der Waals surface area (Å²) < 4.78 is 5.05. The normalized spacial score (nSPS) is 29.9. The fraction of sp³-hybridized carbons (Fsp3) is 0.759. The van der Waals surface area contributed by atoms with E-state index in [1.165, 1.54) is 0 Å². The lowest BCUT2D eigenvalue weighted by molar-refractivity contribution is -0.154. The maximum atomic E-state index is 14.2. The van der Waals surface area contributed by atoms with Crippen LogP contribution in [0.15, 0.2) is 25.3 Å². The summed E-state index contributed by atoms with van der Waals surface area (Å²) in [7, 11) is 0. The fourth-order valence-electron chi connectivity index (χ4n) is 6.52. The number of aliphatic hydroxyl groups excluding tert-OH is 1. The van der Waals surface area contributed by atoms with Crippen LogP contribution in [0.1, 0.15) is 71.6 Å². The van der Waals surface area contributed by atoms with Crippen molar-refractivity contribution in [2.75, 3.05) is 32.8 Å². The van der Waals surface area contributed by atoms with Crippen molar-refractivity contribution in [3.05, 3.63) is 25.3 Å². The third-order valence-corrected chi connectivity index (χ3v) is 10.4. The highest BCUT2D eigenvalue weighted by atomic mass is 32.2. The summed E-state index contributed by atoms with van der Waals surface area (Å²) in [6.07, 6.45) is 11.0. The van der Waals surface area contributed by atoms with E-state index in [0.29, 0.717) is 26.2 Å². The lowest BCUT2D eigenvalue weighted by atomic mass is 9.66. The molecule has 0 aromatic rings. The van der Waals surface area contributed by atoms with Crippen LogP contribution in [0.25, 0.3) is 0 Å². The molecule has 1 N–H and O–H groups in total. The molecule has 0 aliphatic carbocycles. The molecule has 0 aromatic heterocycles. The maximum absolute atomic E-state index is 14.2. The first-order valence-electron chi connectivity index (χ1n) is 14.1. The number of fused-ring (bicyclic) bond motifs is 1. The maximum Gasteiger partial charge on any atom is 0.310 e. The van der Waals surface area contributed by atoms with E-state index in [-0.39, 0.29) is 35.6 Å². The van der Waals surface area contributed by atoms with Gasteiger partial charge < -0.3 is 19.6 Å². The number of esters is 1. The molecule has 1 spiro atoms. The van der Waals surface area contributed by atoms with E-state index >= 15 is 0 Å². The Morgan fingerprint density at radius 2 is 1.95 bits per heavy atom. The van der Waals surface area contributed by atoms with Crippen molar-refractivity contribution in [1.29, 1.82) is 0 Å². The summed E-state index contributed by atoms with van der Waals surface area (Å²) in [5, 5.41) is 9.12. The summed E-state index contributed by atoms with van der Waals surface area (Å²) in [5.41, 5.74) is 0. The zero-order chi connectivity index (χ0) is 27.0. The van der Waals surface area contributed by atoms with E-state index in [1.54, 1.807) is 28.8 Å². The molecule has 0 radical (unpaired) electrons. The highest BCUT2D eigenvalue weighted by molar-refractivity contribution is 8.02. The number of ether oxygens (including phenoxy) is 1. The zero-order valence-corrected chi connectivity index (χ0v) is 23.6. The molecule has 37 heavy (non-hydrogen) atoms. The highest BCUT2D eigenvalue weighted by Gasteiger charge is 2.76. The molecule has 3 rings (SSSR count). The van der Waals surface area contributed by atoms with Crippen molar-refractivity contribution in [1.82, 2.24) is 9.80 Å². The van der Waals surface area contributed by atoms with Crippen LogP contribution in [0, 0.1) is 17.8 Å². The number of aliphatic hydroxyl groups is 1. The van der Waals surface area contributed by atoms with Crippen LogP contribution in [-0.4, -0.2) is 81.6 Å². The van der Waals surface area contributed by atoms with Gasteiger partial charge in [0.1, 0.15) is 6.04 Å². The molecular weight excluding hydrogens is 488 g/mol. The number of likely N-dealkylation sites (tertiary alicyclic amines) is 1. The van der Waals surface area contributed by atoms with Crippen molar-refractivity contribution in [2.45, 2.75) is 87.7 Å². The number of rotatable bonds is 17. The van der Waals surface area contributed by atoms with E-state index in [4.69, 9.17) is 9.84 Å². The number of hydrogen-bond donors (Lipinski definition) is 1. The smallest absolute Gasteiger partial charge is 0.310 e. The first kappa shape index (κ1) is 29.8. The van der Waals surface area contributed by atoms with Crippen molar-refractivity contribution in [3.63, 3.8) is 0 Å². The Labute approximate surface area is 227 Å². The van der Waals surface area contributed by atoms with E-state index in [1.807, 2.05) is 4.90 Å². The van der Waals surface area contributed by atoms with E-state index in [2.05, 4.69) is 27.0 Å². The Bertz CT molecular complexity index is 835. The quantitative estimate of drug-likeness (QED) is 0.171. The van der Waals surface area contributed by atoms with Crippen LogP contribution in [-0.2, 0) is 19.1 Å². The second kappa shape index (κ2) is 13.8. The number of thioether (sulfide) groups is 1. The Hall–Kier alpha value is -1.80. The standard InChI is InChI=1S/C29H46N2O5S/c1-5-8-14-19-36-28(35)23-22-20-21(4)29(37-22)24(23)26(33)31(17-12-10-11-13-18-32)25(29)27(34)30(15-7-3)16-9-6-2/h5,7,21-25,32H,1,3,6,8-20H2,2,4H3/t21?,22-,23+,24+,25?,29?/m1/s1. The van der Waals surface area contributed by atoms with E-state index in [0.717, 1.165) is 57.8 Å². The summed E-state index contributed by atoms with van der Waals surface area (Å²) in [4.78, 5) is 45.3. The van der Waals surface area contributed by atoms with Gasteiger partial charge in [0, 0.05) is 31.5 Å². The van der Waals surface area contributed by atoms with Crippen molar-refractivity contribution >= 4 is 29.5 Å². The van der Waals surface area contributed by atoms with Crippen molar-refractivity contribution < 1.29 is 24.2 Å². The van der Waals surface area contributed by atoms with Crippen LogP contribution in [0.4, 0.5) is 0 Å². The summed E-state index contributed by atoms with van der Waals surface area (Å²) in [6, 6.07) is -0.580.